The van der Waals surface area contributed by atoms with Crippen molar-refractivity contribution in [3.05, 3.63) is 29.3 Å². The maximum atomic E-state index is 13.9. The number of aliphatic hydroxyl groups is 1. The number of halogens is 2. The molecule has 3 rings (SSSR count). The van der Waals surface area contributed by atoms with Gasteiger partial charge >= 0.3 is 0 Å². The van der Waals surface area contributed by atoms with Gasteiger partial charge in [-0.05, 0) is 0 Å². The summed E-state index contributed by atoms with van der Waals surface area (Å²) in [5.74, 6) is -2.34. The van der Waals surface area contributed by atoms with E-state index in [-0.39, 0.29) is 55.5 Å². The van der Waals surface area contributed by atoms with Gasteiger partial charge in [0.15, 0.2) is 0 Å². The Hall–Kier alpha value is -2.55. The van der Waals surface area contributed by atoms with Crippen molar-refractivity contribution in [1.29, 1.82) is 0 Å². The Kier molecular flexibility index (Phi) is 4.43. The van der Waals surface area contributed by atoms with Crippen molar-refractivity contribution in [1.82, 2.24) is 10.3 Å². The van der Waals surface area contributed by atoms with Crippen molar-refractivity contribution in [2.45, 2.75) is 18.9 Å². The molecule has 1 unspecified atom stereocenters. The molecule has 0 radical (unpaired) electrons. The molecule has 9 heteroatoms. The number of hydrazone groups is 1. The first-order chi connectivity index (χ1) is 11.5. The number of fused-ring (bicyclic) bond motifs is 1. The van der Waals surface area contributed by atoms with Crippen LogP contribution in [0.1, 0.15) is 24.4 Å². The first-order valence-corrected chi connectivity index (χ1v) is 7.41. The number of hydrogen-bond acceptors (Lipinski definition) is 5. The fraction of sp³-hybridized carbons (Fsp3) is 0.400. The Labute approximate surface area is 135 Å². The quantitative estimate of drug-likeness (QED) is 0.835. The first-order valence-electron chi connectivity index (χ1n) is 7.41. The van der Waals surface area contributed by atoms with Gasteiger partial charge in [-0.3, -0.25) is 9.59 Å². The predicted molar refractivity (Wildman–Crippen MR) is 78.2 cm³/mol. The summed E-state index contributed by atoms with van der Waals surface area (Å²) in [4.78, 5) is 23.9. The van der Waals surface area contributed by atoms with Crippen LogP contribution >= 0.6 is 0 Å². The SMILES string of the molecule is O=C(NC1COc2cc(F)cc(F)c21)C1=NN(CCO)C(=O)CC1. The molecule has 1 aromatic carbocycles. The number of benzene rings is 1. The zero-order valence-corrected chi connectivity index (χ0v) is 12.6. The number of ether oxygens (including phenoxy) is 1. The van der Waals surface area contributed by atoms with Gasteiger partial charge in [-0.15, -0.1) is 0 Å². The van der Waals surface area contributed by atoms with Gasteiger partial charge in [0.05, 0.1) is 24.8 Å². The van der Waals surface area contributed by atoms with Gasteiger partial charge in [0.25, 0.3) is 5.91 Å². The number of nitrogens with zero attached hydrogens (tertiary/aromatic N) is 2. The van der Waals surface area contributed by atoms with E-state index < -0.39 is 23.6 Å². The van der Waals surface area contributed by atoms with Gasteiger partial charge < -0.3 is 15.2 Å². The highest BCUT2D eigenvalue weighted by atomic mass is 19.1. The van der Waals surface area contributed by atoms with Gasteiger partial charge in [0.1, 0.15) is 29.7 Å². The highest BCUT2D eigenvalue weighted by Crippen LogP contribution is 2.35. The Morgan fingerprint density at radius 3 is 2.96 bits per heavy atom. The Morgan fingerprint density at radius 2 is 2.21 bits per heavy atom. The van der Waals surface area contributed by atoms with Crippen LogP contribution in [0.25, 0.3) is 0 Å². The van der Waals surface area contributed by atoms with Crippen LogP contribution in [0.3, 0.4) is 0 Å². The number of nitrogens with one attached hydrogen (secondary N) is 1. The molecule has 24 heavy (non-hydrogen) atoms. The molecule has 0 saturated heterocycles. The largest absolute Gasteiger partial charge is 0.490 e. The standard InChI is InChI=1S/C15H15F2N3O4/c16-8-5-9(17)14-11(7-24-12(14)6-8)18-15(23)10-1-2-13(22)20(19-10)3-4-21/h5-6,11,21H,1-4,7H2,(H,18,23). The minimum atomic E-state index is -0.796. The van der Waals surface area contributed by atoms with Gasteiger partial charge in [0, 0.05) is 25.0 Å². The summed E-state index contributed by atoms with van der Waals surface area (Å²) in [6.07, 6.45) is 0.252. The van der Waals surface area contributed by atoms with Crippen LogP contribution in [0.2, 0.25) is 0 Å². The number of carbonyl (C=O) groups excluding carboxylic acids is 2. The van der Waals surface area contributed by atoms with Gasteiger partial charge in [0.2, 0.25) is 5.91 Å². The molecule has 2 heterocycles. The maximum Gasteiger partial charge on any atom is 0.268 e. The van der Waals surface area contributed by atoms with E-state index in [4.69, 9.17) is 9.84 Å². The summed E-state index contributed by atoms with van der Waals surface area (Å²) in [5, 5.41) is 16.4. The molecule has 0 aliphatic carbocycles. The second kappa shape index (κ2) is 6.52. The summed E-state index contributed by atoms with van der Waals surface area (Å²) in [6, 6.07) is 1.02. The lowest BCUT2D eigenvalue weighted by atomic mass is 10.1. The Bertz CT molecular complexity index is 723. The minimum absolute atomic E-state index is 0.00110. The lowest BCUT2D eigenvalue weighted by Gasteiger charge is -2.23. The third-order valence-electron chi connectivity index (χ3n) is 3.79. The zero-order chi connectivity index (χ0) is 17.3. The number of aliphatic hydroxyl groups excluding tert-OH is 1. The van der Waals surface area contributed by atoms with E-state index in [9.17, 15) is 18.4 Å². The molecule has 2 amide bonds. The molecule has 2 aliphatic rings. The van der Waals surface area contributed by atoms with E-state index in [1.54, 1.807) is 0 Å². The smallest absolute Gasteiger partial charge is 0.268 e. The summed E-state index contributed by atoms with van der Waals surface area (Å²) in [6.45, 7) is -0.294. The minimum Gasteiger partial charge on any atom is -0.490 e. The first kappa shape index (κ1) is 16.3. The zero-order valence-electron chi connectivity index (χ0n) is 12.6. The lowest BCUT2D eigenvalue weighted by Crippen LogP contribution is -2.41. The number of hydrogen-bond donors (Lipinski definition) is 2. The number of carbonyl (C=O) groups is 2. The Morgan fingerprint density at radius 1 is 1.42 bits per heavy atom. The monoisotopic (exact) mass is 339 g/mol. The molecule has 1 atom stereocenters. The number of rotatable bonds is 4. The highest BCUT2D eigenvalue weighted by Gasteiger charge is 2.32. The predicted octanol–water partition coefficient (Wildman–Crippen LogP) is 0.485. The highest BCUT2D eigenvalue weighted by molar-refractivity contribution is 6.39. The topological polar surface area (TPSA) is 91.2 Å². The van der Waals surface area contributed by atoms with Crippen LogP contribution in [-0.2, 0) is 9.59 Å². The summed E-state index contributed by atoms with van der Waals surface area (Å²) >= 11 is 0. The molecular formula is C15H15F2N3O4. The molecule has 2 N–H and O–H groups in total. The molecule has 128 valence electrons. The van der Waals surface area contributed by atoms with Crippen molar-refractivity contribution in [3.63, 3.8) is 0 Å². The number of amides is 2. The van der Waals surface area contributed by atoms with Crippen molar-refractivity contribution in [3.8, 4) is 5.75 Å². The normalized spacial score (nSPS) is 19.6. The third-order valence-corrected chi connectivity index (χ3v) is 3.79. The van der Waals surface area contributed by atoms with Gasteiger partial charge in [-0.2, -0.15) is 5.10 Å². The molecule has 1 aromatic rings. The molecule has 7 nitrogen and oxygen atoms in total. The lowest BCUT2D eigenvalue weighted by molar-refractivity contribution is -0.132. The van der Waals surface area contributed by atoms with E-state index in [0.717, 1.165) is 17.1 Å². The molecule has 0 aromatic heterocycles. The van der Waals surface area contributed by atoms with Crippen LogP contribution in [-0.4, -0.2) is 47.4 Å². The van der Waals surface area contributed by atoms with Gasteiger partial charge in [-0.25, -0.2) is 13.8 Å². The summed E-state index contributed by atoms with van der Waals surface area (Å²) in [7, 11) is 0. The van der Waals surface area contributed by atoms with E-state index in [0.29, 0.717) is 0 Å². The summed E-state index contributed by atoms with van der Waals surface area (Å²) in [5.41, 5.74) is 0.198. The maximum absolute atomic E-state index is 13.9. The van der Waals surface area contributed by atoms with Crippen molar-refractivity contribution < 1.29 is 28.2 Å². The van der Waals surface area contributed by atoms with E-state index in [2.05, 4.69) is 10.4 Å². The van der Waals surface area contributed by atoms with Crippen LogP contribution in [0.4, 0.5) is 8.78 Å². The Balaban J connectivity index is 1.75. The molecule has 0 bridgehead atoms. The van der Waals surface area contributed by atoms with Crippen LogP contribution in [0, 0.1) is 11.6 Å². The molecule has 0 spiro atoms. The van der Waals surface area contributed by atoms with E-state index >= 15 is 0 Å². The van der Waals surface area contributed by atoms with Crippen molar-refractivity contribution >= 4 is 17.5 Å². The fourth-order valence-corrected chi connectivity index (χ4v) is 2.66. The second-order valence-corrected chi connectivity index (χ2v) is 5.42. The van der Waals surface area contributed by atoms with Crippen LogP contribution in [0.15, 0.2) is 17.2 Å². The van der Waals surface area contributed by atoms with Crippen LogP contribution < -0.4 is 10.1 Å². The second-order valence-electron chi connectivity index (χ2n) is 5.42. The molecular weight excluding hydrogens is 324 g/mol. The molecule has 0 saturated carbocycles. The average molecular weight is 339 g/mol. The average Bonchev–Trinajstić information content (AvgIpc) is 2.92. The molecule has 2 aliphatic heterocycles. The third kappa shape index (κ3) is 3.07. The number of β-amino-alcohol motifs (C(OH)–C–C–N with tert-alkyl or cyclic N) is 1. The van der Waals surface area contributed by atoms with Crippen molar-refractivity contribution in [2.75, 3.05) is 19.8 Å². The van der Waals surface area contributed by atoms with E-state index in [1.807, 2.05) is 0 Å². The van der Waals surface area contributed by atoms with Gasteiger partial charge in [-0.1, -0.05) is 0 Å². The van der Waals surface area contributed by atoms with Crippen molar-refractivity contribution in [2.24, 2.45) is 5.10 Å². The fourth-order valence-electron chi connectivity index (χ4n) is 2.66. The van der Waals surface area contributed by atoms with E-state index in [1.165, 1.54) is 0 Å². The molecule has 0 fully saturated rings. The summed E-state index contributed by atoms with van der Waals surface area (Å²) < 4.78 is 32.3. The van der Waals surface area contributed by atoms with Crippen LogP contribution in [0.5, 0.6) is 5.75 Å².